The quantitative estimate of drug-likeness (QED) is 0.767. The molecular formula is C19H22N2O4S2. The molecule has 1 aromatic carbocycles. The Balaban J connectivity index is 1.62. The third-order valence-electron chi connectivity index (χ3n) is 4.55. The Kier molecular flexibility index (Phi) is 5.96. The van der Waals surface area contributed by atoms with Gasteiger partial charge in [0.2, 0.25) is 0 Å². The molecule has 0 aliphatic heterocycles. The first-order chi connectivity index (χ1) is 12.8. The maximum Gasteiger partial charge on any atom is 0.279 e. The molecule has 0 spiro atoms. The van der Waals surface area contributed by atoms with Gasteiger partial charge in [0.05, 0.1) is 9.77 Å². The van der Waals surface area contributed by atoms with Crippen molar-refractivity contribution < 1.29 is 18.0 Å². The van der Waals surface area contributed by atoms with E-state index in [-0.39, 0.29) is 16.4 Å². The smallest absolute Gasteiger partial charge is 0.267 e. The summed E-state index contributed by atoms with van der Waals surface area (Å²) in [6, 6.07) is 7.48. The summed E-state index contributed by atoms with van der Waals surface area (Å²) in [5.41, 5.74) is 6.32. The van der Waals surface area contributed by atoms with Gasteiger partial charge >= 0.3 is 0 Å². The molecule has 1 aromatic heterocycles. The second kappa shape index (κ2) is 8.22. The number of rotatable bonds is 3. The van der Waals surface area contributed by atoms with Gasteiger partial charge in [0.1, 0.15) is 0 Å². The number of hydrazine groups is 1. The number of amides is 2. The first-order valence-corrected chi connectivity index (χ1v) is 11.6. The highest BCUT2D eigenvalue weighted by molar-refractivity contribution is 7.90. The van der Waals surface area contributed by atoms with Crippen molar-refractivity contribution in [1.82, 2.24) is 10.9 Å². The van der Waals surface area contributed by atoms with Crippen LogP contribution in [0.2, 0.25) is 0 Å². The van der Waals surface area contributed by atoms with Crippen LogP contribution in [0.5, 0.6) is 0 Å². The van der Waals surface area contributed by atoms with Gasteiger partial charge in [-0.05, 0) is 61.6 Å². The lowest BCUT2D eigenvalue weighted by Crippen LogP contribution is -2.41. The van der Waals surface area contributed by atoms with Crippen LogP contribution in [-0.4, -0.2) is 26.5 Å². The van der Waals surface area contributed by atoms with Crippen LogP contribution in [0.4, 0.5) is 0 Å². The Morgan fingerprint density at radius 3 is 2.22 bits per heavy atom. The van der Waals surface area contributed by atoms with Crippen LogP contribution in [0.25, 0.3) is 0 Å². The van der Waals surface area contributed by atoms with Gasteiger partial charge < -0.3 is 0 Å². The standard InChI is InChI=1S/C19H22N2O4S2/c1-27(24,25)15-10-8-13(9-11-15)18(22)20-21-19(23)17-12-14-6-4-2-3-5-7-16(14)26-17/h8-12H,2-7H2,1H3,(H,20,22)(H,21,23). The van der Waals surface area contributed by atoms with Crippen molar-refractivity contribution in [2.75, 3.05) is 6.26 Å². The zero-order valence-corrected chi connectivity index (χ0v) is 16.7. The van der Waals surface area contributed by atoms with E-state index in [1.165, 1.54) is 58.9 Å². The normalized spacial score (nSPS) is 14.6. The highest BCUT2D eigenvalue weighted by Gasteiger charge is 2.17. The number of nitrogens with one attached hydrogen (secondary N) is 2. The molecule has 1 heterocycles. The fourth-order valence-electron chi connectivity index (χ4n) is 3.06. The molecule has 2 amide bonds. The summed E-state index contributed by atoms with van der Waals surface area (Å²) in [6.45, 7) is 0. The van der Waals surface area contributed by atoms with Crippen LogP contribution in [0, 0.1) is 0 Å². The molecule has 8 heteroatoms. The van der Waals surface area contributed by atoms with E-state index >= 15 is 0 Å². The van der Waals surface area contributed by atoms with E-state index in [1.807, 2.05) is 6.07 Å². The molecule has 0 fully saturated rings. The fourth-order valence-corrected chi connectivity index (χ4v) is 4.84. The molecule has 1 aliphatic rings. The largest absolute Gasteiger partial charge is 0.279 e. The minimum absolute atomic E-state index is 0.138. The number of carbonyl (C=O) groups is 2. The minimum Gasteiger partial charge on any atom is -0.267 e. The van der Waals surface area contributed by atoms with Gasteiger partial charge in [-0.15, -0.1) is 11.3 Å². The van der Waals surface area contributed by atoms with Gasteiger partial charge in [-0.3, -0.25) is 20.4 Å². The molecule has 0 saturated carbocycles. The maximum atomic E-state index is 12.4. The van der Waals surface area contributed by atoms with Gasteiger partial charge in [0.25, 0.3) is 11.8 Å². The molecule has 6 nitrogen and oxygen atoms in total. The molecule has 0 unspecified atom stereocenters. The van der Waals surface area contributed by atoms with Crippen molar-refractivity contribution in [2.24, 2.45) is 0 Å². The molecule has 0 bridgehead atoms. The average Bonchev–Trinajstić information content (AvgIpc) is 3.01. The number of hydrogen-bond acceptors (Lipinski definition) is 5. The van der Waals surface area contributed by atoms with Gasteiger partial charge in [-0.25, -0.2) is 8.42 Å². The van der Waals surface area contributed by atoms with E-state index in [0.717, 1.165) is 31.9 Å². The Labute approximate surface area is 162 Å². The highest BCUT2D eigenvalue weighted by atomic mass is 32.2. The van der Waals surface area contributed by atoms with Crippen molar-refractivity contribution in [1.29, 1.82) is 0 Å². The minimum atomic E-state index is -3.31. The van der Waals surface area contributed by atoms with E-state index in [9.17, 15) is 18.0 Å². The molecule has 0 atom stereocenters. The number of aryl methyl sites for hydroxylation is 2. The lowest BCUT2D eigenvalue weighted by molar-refractivity contribution is 0.0849. The molecule has 1 aliphatic carbocycles. The predicted molar refractivity (Wildman–Crippen MR) is 105 cm³/mol. The molecular weight excluding hydrogens is 384 g/mol. The average molecular weight is 407 g/mol. The Bertz CT molecular complexity index is 921. The van der Waals surface area contributed by atoms with Gasteiger partial charge in [-0.1, -0.05) is 12.8 Å². The Hall–Kier alpha value is -2.19. The fraction of sp³-hybridized carbons (Fsp3) is 0.368. The molecule has 27 heavy (non-hydrogen) atoms. The third kappa shape index (κ3) is 4.95. The van der Waals surface area contributed by atoms with Crippen molar-refractivity contribution >= 4 is 33.0 Å². The van der Waals surface area contributed by atoms with Crippen LogP contribution >= 0.6 is 11.3 Å². The third-order valence-corrected chi connectivity index (χ3v) is 6.92. The second-order valence-electron chi connectivity index (χ2n) is 6.68. The summed E-state index contributed by atoms with van der Waals surface area (Å²) in [5, 5.41) is 0. The molecule has 144 valence electrons. The first-order valence-electron chi connectivity index (χ1n) is 8.87. The monoisotopic (exact) mass is 406 g/mol. The Morgan fingerprint density at radius 2 is 1.56 bits per heavy atom. The van der Waals surface area contributed by atoms with E-state index in [2.05, 4.69) is 10.9 Å². The predicted octanol–water partition coefficient (Wildman–Crippen LogP) is 2.89. The summed E-state index contributed by atoms with van der Waals surface area (Å²) in [7, 11) is -3.31. The number of fused-ring (bicyclic) bond motifs is 1. The van der Waals surface area contributed by atoms with E-state index in [0.29, 0.717) is 4.88 Å². The number of hydrogen-bond donors (Lipinski definition) is 2. The van der Waals surface area contributed by atoms with E-state index in [1.54, 1.807) is 0 Å². The summed E-state index contributed by atoms with van der Waals surface area (Å²) in [5.74, 6) is -0.842. The SMILES string of the molecule is CS(=O)(=O)c1ccc(C(=O)NNC(=O)c2cc3c(s2)CCCCCC3)cc1. The number of sulfone groups is 1. The molecule has 2 N–H and O–H groups in total. The first kappa shape index (κ1) is 19.6. The van der Waals surface area contributed by atoms with Gasteiger partial charge in [-0.2, -0.15) is 0 Å². The number of thiophene rings is 1. The lowest BCUT2D eigenvalue weighted by Gasteiger charge is -2.07. The Morgan fingerprint density at radius 1 is 0.926 bits per heavy atom. The summed E-state index contributed by atoms with van der Waals surface area (Å²) >= 11 is 1.49. The zero-order chi connectivity index (χ0) is 19.4. The lowest BCUT2D eigenvalue weighted by atomic mass is 10.00. The van der Waals surface area contributed by atoms with E-state index < -0.39 is 15.7 Å². The summed E-state index contributed by atoms with van der Waals surface area (Å²) in [6.07, 6.45) is 7.86. The summed E-state index contributed by atoms with van der Waals surface area (Å²) in [4.78, 5) is 26.5. The van der Waals surface area contributed by atoms with Crippen LogP contribution in [0.1, 0.15) is 56.2 Å². The van der Waals surface area contributed by atoms with Crippen LogP contribution < -0.4 is 10.9 Å². The topological polar surface area (TPSA) is 92.3 Å². The van der Waals surface area contributed by atoms with Crippen molar-refractivity contribution in [3.63, 3.8) is 0 Å². The van der Waals surface area contributed by atoms with Crippen LogP contribution in [0.15, 0.2) is 35.2 Å². The van der Waals surface area contributed by atoms with Gasteiger partial charge in [0, 0.05) is 16.7 Å². The molecule has 0 saturated heterocycles. The maximum absolute atomic E-state index is 12.4. The molecule has 2 aromatic rings. The van der Waals surface area contributed by atoms with Crippen molar-refractivity contribution in [3.8, 4) is 0 Å². The van der Waals surface area contributed by atoms with Gasteiger partial charge in [0.15, 0.2) is 9.84 Å². The number of benzene rings is 1. The number of carbonyl (C=O) groups excluding carboxylic acids is 2. The van der Waals surface area contributed by atoms with E-state index in [4.69, 9.17) is 0 Å². The summed E-state index contributed by atoms with van der Waals surface area (Å²) < 4.78 is 22.9. The highest BCUT2D eigenvalue weighted by Crippen LogP contribution is 2.28. The van der Waals surface area contributed by atoms with Crippen molar-refractivity contribution in [3.05, 3.63) is 51.2 Å². The second-order valence-corrected chi connectivity index (χ2v) is 9.83. The molecule has 3 rings (SSSR count). The zero-order valence-electron chi connectivity index (χ0n) is 15.1. The molecule has 0 radical (unpaired) electrons. The van der Waals surface area contributed by atoms with Crippen LogP contribution in [-0.2, 0) is 22.7 Å². The van der Waals surface area contributed by atoms with Crippen molar-refractivity contribution in [2.45, 2.75) is 43.4 Å². The van der Waals surface area contributed by atoms with Crippen LogP contribution in [0.3, 0.4) is 0 Å².